The highest BCUT2D eigenvalue weighted by atomic mass is 31.2. The Morgan fingerprint density at radius 3 is 0.755 bits per heavy atom. The van der Waals surface area contributed by atoms with Crippen molar-refractivity contribution in [2.75, 3.05) is 39.6 Å². The van der Waals surface area contributed by atoms with Crippen molar-refractivity contribution in [3.05, 3.63) is 0 Å². The van der Waals surface area contributed by atoms with E-state index in [1.807, 2.05) is 0 Å². The molecule has 0 spiro atoms. The Morgan fingerprint density at radius 1 is 0.298 bits per heavy atom. The fraction of sp³-hybridized carbons (Fsp3) is 0.947. The van der Waals surface area contributed by atoms with Gasteiger partial charge in [-0.2, -0.15) is 0 Å². The molecular weight excluding hydrogens is 1230 g/mol. The first-order valence-electron chi connectivity index (χ1n) is 38.7. The van der Waals surface area contributed by atoms with E-state index >= 15 is 0 Å². The third-order valence-corrected chi connectivity index (χ3v) is 19.6. The smallest absolute Gasteiger partial charge is 0.462 e. The molecule has 0 amide bonds. The normalized spacial score (nSPS) is 14.4. The van der Waals surface area contributed by atoms with E-state index in [4.69, 9.17) is 37.0 Å². The molecular formula is C75H146O17P2. The number of aliphatic hydroxyl groups excluding tert-OH is 1. The van der Waals surface area contributed by atoms with Crippen LogP contribution in [0.4, 0.5) is 0 Å². The molecule has 0 saturated heterocycles. The first-order chi connectivity index (χ1) is 45.1. The Morgan fingerprint density at radius 2 is 0.511 bits per heavy atom. The zero-order valence-electron chi connectivity index (χ0n) is 61.6. The topological polar surface area (TPSA) is 237 Å². The molecule has 0 aromatic rings. The van der Waals surface area contributed by atoms with E-state index in [2.05, 4.69) is 55.4 Å². The molecule has 4 unspecified atom stereocenters. The molecule has 3 N–H and O–H groups in total. The van der Waals surface area contributed by atoms with Crippen molar-refractivity contribution >= 4 is 39.5 Å². The van der Waals surface area contributed by atoms with Gasteiger partial charge in [-0.1, -0.05) is 325 Å². The lowest BCUT2D eigenvalue weighted by molar-refractivity contribution is -0.161. The maximum absolute atomic E-state index is 13.1. The molecule has 6 atom stereocenters. The number of hydrogen-bond acceptors (Lipinski definition) is 15. The number of esters is 4. The number of unbranched alkanes of at least 4 members (excludes halogenated alkanes) is 37. The minimum atomic E-state index is -4.96. The van der Waals surface area contributed by atoms with Gasteiger partial charge in [-0.15, -0.1) is 0 Å². The van der Waals surface area contributed by atoms with Crippen molar-refractivity contribution in [2.24, 2.45) is 23.7 Å². The monoisotopic (exact) mass is 1380 g/mol. The number of phosphoric ester groups is 2. The molecule has 0 aromatic carbocycles. The van der Waals surface area contributed by atoms with Crippen LogP contribution in [0.1, 0.15) is 376 Å². The predicted octanol–water partition coefficient (Wildman–Crippen LogP) is 21.7. The van der Waals surface area contributed by atoms with Crippen LogP contribution in [-0.2, 0) is 65.4 Å². The summed E-state index contributed by atoms with van der Waals surface area (Å²) in [5.41, 5.74) is 0. The first kappa shape index (κ1) is 92.1. The summed E-state index contributed by atoms with van der Waals surface area (Å²) in [6, 6.07) is 0. The molecule has 19 heteroatoms. The van der Waals surface area contributed by atoms with Gasteiger partial charge in [0.2, 0.25) is 0 Å². The van der Waals surface area contributed by atoms with Crippen LogP contribution in [0.5, 0.6) is 0 Å². The van der Waals surface area contributed by atoms with E-state index in [1.165, 1.54) is 173 Å². The van der Waals surface area contributed by atoms with Crippen LogP contribution in [0.25, 0.3) is 0 Å². The lowest BCUT2D eigenvalue weighted by atomic mass is 10.00. The van der Waals surface area contributed by atoms with Gasteiger partial charge in [0.1, 0.15) is 19.3 Å². The molecule has 0 bridgehead atoms. The third kappa shape index (κ3) is 67.3. The number of aliphatic hydroxyl groups is 1. The molecule has 0 radical (unpaired) electrons. The van der Waals surface area contributed by atoms with E-state index < -0.39 is 97.5 Å². The summed E-state index contributed by atoms with van der Waals surface area (Å²) in [6.45, 7) is 14.1. The van der Waals surface area contributed by atoms with Crippen molar-refractivity contribution in [3.8, 4) is 0 Å². The predicted molar refractivity (Wildman–Crippen MR) is 381 cm³/mol. The summed E-state index contributed by atoms with van der Waals surface area (Å²) < 4.78 is 68.4. The van der Waals surface area contributed by atoms with Crippen LogP contribution in [0.15, 0.2) is 0 Å². The van der Waals surface area contributed by atoms with Crippen LogP contribution in [0, 0.1) is 23.7 Å². The van der Waals surface area contributed by atoms with Crippen LogP contribution in [0.3, 0.4) is 0 Å². The van der Waals surface area contributed by atoms with Crippen molar-refractivity contribution < 1.29 is 80.2 Å². The molecule has 0 fully saturated rings. The Bertz CT molecular complexity index is 1850. The zero-order chi connectivity index (χ0) is 69.6. The van der Waals surface area contributed by atoms with Gasteiger partial charge in [0.05, 0.1) is 26.4 Å². The maximum atomic E-state index is 13.1. The van der Waals surface area contributed by atoms with Crippen LogP contribution >= 0.6 is 15.6 Å². The third-order valence-electron chi connectivity index (χ3n) is 17.7. The van der Waals surface area contributed by atoms with Gasteiger partial charge >= 0.3 is 39.5 Å². The lowest BCUT2D eigenvalue weighted by Crippen LogP contribution is -2.30. The molecule has 0 heterocycles. The van der Waals surface area contributed by atoms with Crippen molar-refractivity contribution in [2.45, 2.75) is 395 Å². The molecule has 94 heavy (non-hydrogen) atoms. The highest BCUT2D eigenvalue weighted by Crippen LogP contribution is 2.45. The number of carbonyl (C=O) groups is 4. The average Bonchev–Trinajstić information content (AvgIpc) is 1.73. The fourth-order valence-electron chi connectivity index (χ4n) is 11.3. The van der Waals surface area contributed by atoms with E-state index in [-0.39, 0.29) is 25.7 Å². The second kappa shape index (κ2) is 64.4. The Labute approximate surface area is 575 Å². The molecule has 17 nitrogen and oxygen atoms in total. The Balaban J connectivity index is 5.17. The van der Waals surface area contributed by atoms with Gasteiger partial charge in [0.15, 0.2) is 12.2 Å². The Hall–Kier alpha value is -1.94. The van der Waals surface area contributed by atoms with E-state index in [9.17, 15) is 43.2 Å². The summed E-state index contributed by atoms with van der Waals surface area (Å²) in [5, 5.41) is 10.6. The van der Waals surface area contributed by atoms with E-state index in [0.29, 0.717) is 31.6 Å². The van der Waals surface area contributed by atoms with Gasteiger partial charge in [-0.25, -0.2) is 9.13 Å². The van der Waals surface area contributed by atoms with Crippen LogP contribution in [-0.4, -0.2) is 96.7 Å². The molecule has 0 aliphatic rings. The van der Waals surface area contributed by atoms with Gasteiger partial charge in [0, 0.05) is 25.7 Å². The lowest BCUT2D eigenvalue weighted by Gasteiger charge is -2.21. The van der Waals surface area contributed by atoms with Crippen LogP contribution in [0.2, 0.25) is 0 Å². The summed E-state index contributed by atoms with van der Waals surface area (Å²) in [4.78, 5) is 72.7. The summed E-state index contributed by atoms with van der Waals surface area (Å²) in [6.07, 6.45) is 48.9. The minimum Gasteiger partial charge on any atom is -0.462 e. The molecule has 0 saturated carbocycles. The SMILES string of the molecule is CCC(C)CCCCCCCCC(=O)O[C@H](COC(=O)CCCCCCCCCC(C)C)COP(=O)(O)OCC(O)COP(=O)(O)OC[C@@H](COC(=O)CCCCCCCCCCCCCCCCCCCCC(C)C)OC(=O)CCCCCCCCCCCCC(C)C. The molecule has 558 valence electrons. The second-order valence-electron chi connectivity index (χ2n) is 28.7. The zero-order valence-corrected chi connectivity index (χ0v) is 63.4. The number of ether oxygens (including phenoxy) is 4. The van der Waals surface area contributed by atoms with Crippen molar-refractivity contribution in [1.82, 2.24) is 0 Å². The van der Waals surface area contributed by atoms with Gasteiger partial charge in [0.25, 0.3) is 0 Å². The minimum absolute atomic E-state index is 0.102. The van der Waals surface area contributed by atoms with Crippen molar-refractivity contribution in [1.29, 1.82) is 0 Å². The molecule has 0 rings (SSSR count). The average molecular weight is 1380 g/mol. The molecule has 0 aliphatic carbocycles. The second-order valence-corrected chi connectivity index (χ2v) is 31.6. The first-order valence-corrected chi connectivity index (χ1v) is 41.7. The summed E-state index contributed by atoms with van der Waals surface area (Å²) in [5.74, 6) is 0.873. The fourth-order valence-corrected chi connectivity index (χ4v) is 12.9. The summed E-state index contributed by atoms with van der Waals surface area (Å²) >= 11 is 0. The number of phosphoric acid groups is 2. The van der Waals surface area contributed by atoms with E-state index in [1.54, 1.807) is 0 Å². The highest BCUT2D eigenvalue weighted by Gasteiger charge is 2.30. The maximum Gasteiger partial charge on any atom is 0.472 e. The standard InChI is InChI=1S/C75H146O17P2/c1-9-68(8)54-46-38-33-34-42-50-58-75(80)92-71(62-86-73(78)56-48-40-32-26-29-37-45-53-67(6)7)64-90-94(83,84)88-60-69(76)59-87-93(81,82)89-63-70(91-74(79)57-49-41-31-25-21-20-23-28-36-44-52-66(4)5)61-85-72(77)55-47-39-30-24-19-17-15-13-11-10-12-14-16-18-22-27-35-43-51-65(2)3/h65-71,76H,9-64H2,1-8H3,(H,81,82)(H,83,84)/t68?,69?,70-,71-/m1/s1. The van der Waals surface area contributed by atoms with Crippen LogP contribution < -0.4 is 0 Å². The Kier molecular flexibility index (Phi) is 63.1. The largest absolute Gasteiger partial charge is 0.472 e. The van der Waals surface area contributed by atoms with Gasteiger partial charge in [-0.3, -0.25) is 37.3 Å². The summed E-state index contributed by atoms with van der Waals surface area (Å²) in [7, 11) is -9.91. The highest BCUT2D eigenvalue weighted by molar-refractivity contribution is 7.47. The van der Waals surface area contributed by atoms with Gasteiger partial charge in [-0.05, 0) is 49.4 Å². The van der Waals surface area contributed by atoms with Gasteiger partial charge < -0.3 is 33.8 Å². The molecule has 0 aliphatic heterocycles. The number of carbonyl (C=O) groups excluding carboxylic acids is 4. The van der Waals surface area contributed by atoms with E-state index in [0.717, 1.165) is 114 Å². The van der Waals surface area contributed by atoms with Crippen molar-refractivity contribution in [3.63, 3.8) is 0 Å². The quantitative estimate of drug-likeness (QED) is 0.0222. The number of rotatable bonds is 72. The number of hydrogen-bond donors (Lipinski definition) is 3. The molecule has 0 aromatic heterocycles.